The molecule has 9 nitrogen and oxygen atoms in total. The number of halogens is 3. The molecule has 0 saturated carbocycles. The van der Waals surface area contributed by atoms with Gasteiger partial charge in [0.1, 0.15) is 4.90 Å². The molecule has 0 bridgehead atoms. The summed E-state index contributed by atoms with van der Waals surface area (Å²) in [5, 5.41) is 27.8. The number of rotatable bonds is 4. The van der Waals surface area contributed by atoms with Crippen LogP contribution in [0.25, 0.3) is 22.5 Å². The van der Waals surface area contributed by atoms with E-state index < -0.39 is 26.7 Å². The summed E-state index contributed by atoms with van der Waals surface area (Å²) in [6.45, 7) is 1.34. The standard InChI is InChI=1S/C19H19F3N6O3S/c20-19(21,22)15-6-5-14(16(17(15)32(23,30)31)18-24-26-27-25-18)11-1-3-12(4-2-11)28-9-7-13(29)8-10-28/h1-6,13,29H,7-10H2,(H2,23,30,31)(H,24,25,26,27). The van der Waals surface area contributed by atoms with Gasteiger partial charge in [-0.2, -0.15) is 18.4 Å². The molecule has 0 atom stereocenters. The fourth-order valence-corrected chi connectivity index (χ4v) is 4.78. The van der Waals surface area contributed by atoms with Gasteiger partial charge in [-0.15, -0.1) is 10.2 Å². The van der Waals surface area contributed by atoms with Gasteiger partial charge in [0.05, 0.1) is 17.2 Å². The predicted octanol–water partition coefficient (Wildman–Crippen LogP) is 2.16. The third-order valence-electron chi connectivity index (χ3n) is 5.32. The summed E-state index contributed by atoms with van der Waals surface area (Å²) in [5.74, 6) is -0.329. The molecule has 13 heteroatoms. The van der Waals surface area contributed by atoms with Crippen molar-refractivity contribution in [2.75, 3.05) is 18.0 Å². The number of tetrazole rings is 1. The van der Waals surface area contributed by atoms with Crippen LogP contribution in [0.3, 0.4) is 0 Å². The lowest BCUT2D eigenvalue weighted by molar-refractivity contribution is -0.139. The Balaban J connectivity index is 1.86. The third-order valence-corrected chi connectivity index (χ3v) is 6.32. The topological polar surface area (TPSA) is 138 Å². The SMILES string of the molecule is NS(=O)(=O)c1c(C(F)(F)F)ccc(-c2ccc(N3CCC(O)CC3)cc2)c1-c1nn[nH]n1. The first-order valence-corrected chi connectivity index (χ1v) is 11.1. The number of benzene rings is 2. The second-order valence-corrected chi connectivity index (χ2v) is 8.91. The second-order valence-electron chi connectivity index (χ2n) is 7.41. The number of primary sulfonamides is 1. The number of alkyl halides is 3. The number of aliphatic hydroxyl groups is 1. The van der Waals surface area contributed by atoms with Crippen LogP contribution in [0, 0.1) is 0 Å². The van der Waals surface area contributed by atoms with E-state index in [0.717, 1.165) is 11.8 Å². The Bertz CT molecular complexity index is 1210. The van der Waals surface area contributed by atoms with Crippen molar-refractivity contribution in [3.05, 3.63) is 42.0 Å². The maximum Gasteiger partial charge on any atom is 0.417 e. The summed E-state index contributed by atoms with van der Waals surface area (Å²) < 4.78 is 65.3. The molecule has 0 amide bonds. The number of sulfonamides is 1. The van der Waals surface area contributed by atoms with Gasteiger partial charge in [-0.25, -0.2) is 13.6 Å². The van der Waals surface area contributed by atoms with Gasteiger partial charge in [0.2, 0.25) is 15.8 Å². The highest BCUT2D eigenvalue weighted by atomic mass is 32.2. The average molecular weight is 468 g/mol. The summed E-state index contributed by atoms with van der Waals surface area (Å²) in [7, 11) is -4.81. The van der Waals surface area contributed by atoms with Crippen LogP contribution in [-0.2, 0) is 16.2 Å². The van der Waals surface area contributed by atoms with E-state index in [1.165, 1.54) is 0 Å². The lowest BCUT2D eigenvalue weighted by atomic mass is 9.96. The second kappa shape index (κ2) is 8.15. The summed E-state index contributed by atoms with van der Waals surface area (Å²) in [6, 6.07) is 8.73. The van der Waals surface area contributed by atoms with E-state index in [0.29, 0.717) is 37.6 Å². The predicted molar refractivity (Wildman–Crippen MR) is 109 cm³/mol. The van der Waals surface area contributed by atoms with E-state index in [1.807, 2.05) is 0 Å². The summed E-state index contributed by atoms with van der Waals surface area (Å²) in [6.07, 6.45) is -4.02. The van der Waals surface area contributed by atoms with E-state index in [2.05, 4.69) is 25.5 Å². The maximum absolute atomic E-state index is 13.6. The van der Waals surface area contributed by atoms with Crippen molar-refractivity contribution < 1.29 is 26.7 Å². The van der Waals surface area contributed by atoms with Crippen molar-refractivity contribution in [1.82, 2.24) is 20.6 Å². The number of piperidine rings is 1. The zero-order valence-corrected chi connectivity index (χ0v) is 17.4. The lowest BCUT2D eigenvalue weighted by Crippen LogP contribution is -2.35. The number of nitrogens with two attached hydrogens (primary N) is 1. The van der Waals surface area contributed by atoms with Crippen LogP contribution < -0.4 is 10.0 Å². The Morgan fingerprint density at radius 3 is 2.28 bits per heavy atom. The van der Waals surface area contributed by atoms with Gasteiger partial charge in [-0.1, -0.05) is 18.2 Å². The van der Waals surface area contributed by atoms with Gasteiger partial charge >= 0.3 is 6.18 Å². The van der Waals surface area contributed by atoms with E-state index in [4.69, 9.17) is 5.14 Å². The van der Waals surface area contributed by atoms with E-state index in [-0.39, 0.29) is 23.1 Å². The largest absolute Gasteiger partial charge is 0.417 e. The number of aliphatic hydroxyl groups excluding tert-OH is 1. The molecule has 3 aromatic rings. The molecule has 1 saturated heterocycles. The minimum atomic E-state index is -4.97. The van der Waals surface area contributed by atoms with Gasteiger partial charge < -0.3 is 10.0 Å². The molecule has 0 unspecified atom stereocenters. The molecule has 170 valence electrons. The Labute approximate surface area is 181 Å². The number of aromatic amines is 1. The molecule has 4 N–H and O–H groups in total. The average Bonchev–Trinajstić information content (AvgIpc) is 3.27. The van der Waals surface area contributed by atoms with Crippen molar-refractivity contribution in [3.8, 4) is 22.5 Å². The fraction of sp³-hybridized carbons (Fsp3) is 0.316. The van der Waals surface area contributed by atoms with Crippen LogP contribution in [0.5, 0.6) is 0 Å². The molecule has 2 heterocycles. The molecule has 1 aliphatic rings. The van der Waals surface area contributed by atoms with Crippen LogP contribution >= 0.6 is 0 Å². The van der Waals surface area contributed by atoms with E-state index >= 15 is 0 Å². The molecule has 0 radical (unpaired) electrons. The van der Waals surface area contributed by atoms with E-state index in [1.54, 1.807) is 24.3 Å². The Hall–Kier alpha value is -3.03. The first-order valence-electron chi connectivity index (χ1n) is 9.60. The highest BCUT2D eigenvalue weighted by Gasteiger charge is 2.39. The third kappa shape index (κ3) is 4.31. The first-order chi connectivity index (χ1) is 15.1. The summed E-state index contributed by atoms with van der Waals surface area (Å²) >= 11 is 0. The van der Waals surface area contributed by atoms with E-state index in [9.17, 15) is 26.7 Å². The first kappa shape index (κ1) is 22.2. The number of nitrogens with one attached hydrogen (secondary N) is 1. The smallest absolute Gasteiger partial charge is 0.393 e. The molecular formula is C19H19F3N6O3S. The Morgan fingerprint density at radius 2 is 1.75 bits per heavy atom. The number of hydrogen-bond donors (Lipinski definition) is 3. The van der Waals surface area contributed by atoms with Crippen LogP contribution in [0.15, 0.2) is 41.3 Å². The van der Waals surface area contributed by atoms with Gasteiger partial charge in [-0.05, 0) is 47.4 Å². The zero-order chi connectivity index (χ0) is 23.1. The lowest BCUT2D eigenvalue weighted by Gasteiger charge is -2.31. The van der Waals surface area contributed by atoms with Gasteiger partial charge in [0, 0.05) is 18.8 Å². The van der Waals surface area contributed by atoms with Gasteiger partial charge in [0.15, 0.2) is 0 Å². The molecule has 1 aliphatic heterocycles. The minimum absolute atomic E-state index is 0.157. The molecular weight excluding hydrogens is 449 g/mol. The number of aromatic nitrogens is 4. The van der Waals surface area contributed by atoms with Crippen molar-refractivity contribution in [2.24, 2.45) is 5.14 Å². The van der Waals surface area contributed by atoms with Crippen molar-refractivity contribution in [3.63, 3.8) is 0 Å². The molecule has 1 aromatic heterocycles. The number of nitrogens with zero attached hydrogens (tertiary/aromatic N) is 4. The quantitative estimate of drug-likeness (QED) is 0.533. The van der Waals surface area contributed by atoms with Gasteiger partial charge in [-0.3, -0.25) is 0 Å². The molecule has 1 fully saturated rings. The molecule has 4 rings (SSSR count). The van der Waals surface area contributed by atoms with Crippen LogP contribution in [0.2, 0.25) is 0 Å². The van der Waals surface area contributed by atoms with Crippen LogP contribution in [0.1, 0.15) is 18.4 Å². The molecule has 0 spiro atoms. The molecule has 32 heavy (non-hydrogen) atoms. The van der Waals surface area contributed by atoms with Crippen molar-refractivity contribution >= 4 is 15.7 Å². The number of anilines is 1. The number of H-pyrrole nitrogens is 1. The highest BCUT2D eigenvalue weighted by molar-refractivity contribution is 7.89. The molecule has 2 aromatic carbocycles. The van der Waals surface area contributed by atoms with Gasteiger partial charge in [0.25, 0.3) is 0 Å². The van der Waals surface area contributed by atoms with Crippen LogP contribution in [-0.4, -0.2) is 53.3 Å². The Kier molecular flexibility index (Phi) is 5.65. The zero-order valence-electron chi connectivity index (χ0n) is 16.5. The fourth-order valence-electron chi connectivity index (χ4n) is 3.81. The van der Waals surface area contributed by atoms with Crippen LogP contribution in [0.4, 0.5) is 18.9 Å². The highest BCUT2D eigenvalue weighted by Crippen LogP contribution is 2.43. The summed E-state index contributed by atoms with van der Waals surface area (Å²) in [5.41, 5.74) is -0.314. The number of hydrogen-bond acceptors (Lipinski definition) is 7. The normalized spacial score (nSPS) is 15.8. The summed E-state index contributed by atoms with van der Waals surface area (Å²) in [4.78, 5) is 0.969. The monoisotopic (exact) mass is 468 g/mol. The van der Waals surface area contributed by atoms with Crippen molar-refractivity contribution in [2.45, 2.75) is 30.0 Å². The van der Waals surface area contributed by atoms with Crippen molar-refractivity contribution in [1.29, 1.82) is 0 Å². The molecule has 0 aliphatic carbocycles. The Morgan fingerprint density at radius 1 is 1.09 bits per heavy atom. The maximum atomic E-state index is 13.6. The minimum Gasteiger partial charge on any atom is -0.393 e.